The van der Waals surface area contributed by atoms with Gasteiger partial charge in [-0.05, 0) is 19.9 Å². The molecule has 1 amide bonds. The lowest BCUT2D eigenvalue weighted by atomic mass is 10.00. The maximum absolute atomic E-state index is 11.4. The van der Waals surface area contributed by atoms with Gasteiger partial charge in [-0.25, -0.2) is 0 Å². The molecule has 0 aliphatic carbocycles. The highest BCUT2D eigenvalue weighted by molar-refractivity contribution is 5.82. The van der Waals surface area contributed by atoms with E-state index in [0.29, 0.717) is 12.0 Å². The smallest absolute Gasteiger partial charge is 0.237 e. The van der Waals surface area contributed by atoms with Crippen molar-refractivity contribution in [1.29, 1.82) is 0 Å². The van der Waals surface area contributed by atoms with Gasteiger partial charge in [0.05, 0.1) is 6.04 Å². The van der Waals surface area contributed by atoms with Gasteiger partial charge < -0.3 is 5.32 Å². The number of amides is 1. The highest BCUT2D eigenvalue weighted by Crippen LogP contribution is 2.11. The minimum absolute atomic E-state index is 0.0278. The molecule has 2 unspecified atom stereocenters. The Morgan fingerprint density at radius 1 is 1.58 bits per heavy atom. The second kappa shape index (κ2) is 3.44. The van der Waals surface area contributed by atoms with Gasteiger partial charge in [-0.3, -0.25) is 9.69 Å². The number of carbonyl (C=O) groups is 1. The maximum Gasteiger partial charge on any atom is 0.237 e. The molecule has 12 heavy (non-hydrogen) atoms. The van der Waals surface area contributed by atoms with Crippen LogP contribution in [0.3, 0.4) is 0 Å². The number of likely N-dealkylation sites (N-methyl/N-ethyl adjacent to an activating group) is 1. The van der Waals surface area contributed by atoms with E-state index in [1.807, 2.05) is 14.0 Å². The first-order valence-corrected chi connectivity index (χ1v) is 4.53. The van der Waals surface area contributed by atoms with Gasteiger partial charge >= 0.3 is 0 Å². The number of nitrogens with zero attached hydrogens (tertiary/aromatic N) is 1. The van der Waals surface area contributed by atoms with Crippen molar-refractivity contribution < 1.29 is 4.79 Å². The largest absolute Gasteiger partial charge is 0.350 e. The summed E-state index contributed by atoms with van der Waals surface area (Å²) >= 11 is 0. The summed E-state index contributed by atoms with van der Waals surface area (Å²) < 4.78 is 0. The van der Waals surface area contributed by atoms with Crippen LogP contribution in [-0.4, -0.2) is 36.5 Å². The predicted octanol–water partition coefficient (Wildman–Crippen LogP) is 0.461. The SMILES string of the molecule is CC(C)C1CN(C)C(C)C(=O)N1. The van der Waals surface area contributed by atoms with Gasteiger partial charge in [0.1, 0.15) is 0 Å². The van der Waals surface area contributed by atoms with Crippen LogP contribution in [-0.2, 0) is 4.79 Å². The first-order chi connectivity index (χ1) is 5.52. The minimum atomic E-state index is 0.0278. The number of piperazine rings is 1. The summed E-state index contributed by atoms with van der Waals surface area (Å²) in [6.45, 7) is 7.17. The Balaban J connectivity index is 2.59. The summed E-state index contributed by atoms with van der Waals surface area (Å²) in [6, 6.07) is 0.346. The molecule has 3 heteroatoms. The van der Waals surface area contributed by atoms with Gasteiger partial charge in [-0.15, -0.1) is 0 Å². The van der Waals surface area contributed by atoms with E-state index in [1.165, 1.54) is 0 Å². The van der Waals surface area contributed by atoms with Crippen molar-refractivity contribution in [1.82, 2.24) is 10.2 Å². The van der Waals surface area contributed by atoms with Crippen molar-refractivity contribution in [3.05, 3.63) is 0 Å². The van der Waals surface area contributed by atoms with E-state index < -0.39 is 0 Å². The summed E-state index contributed by atoms with van der Waals surface area (Å²) in [6.07, 6.45) is 0. The maximum atomic E-state index is 11.4. The van der Waals surface area contributed by atoms with Crippen LogP contribution in [0.1, 0.15) is 20.8 Å². The van der Waals surface area contributed by atoms with E-state index in [0.717, 1.165) is 6.54 Å². The summed E-state index contributed by atoms with van der Waals surface area (Å²) in [5, 5.41) is 3.02. The van der Waals surface area contributed by atoms with Gasteiger partial charge in [0.25, 0.3) is 0 Å². The van der Waals surface area contributed by atoms with Crippen LogP contribution < -0.4 is 5.32 Å². The van der Waals surface area contributed by atoms with Crippen LogP contribution in [0.4, 0.5) is 0 Å². The highest BCUT2D eigenvalue weighted by Gasteiger charge is 2.29. The molecule has 0 aromatic rings. The lowest BCUT2D eigenvalue weighted by molar-refractivity contribution is -0.129. The van der Waals surface area contributed by atoms with Crippen molar-refractivity contribution in [2.24, 2.45) is 5.92 Å². The highest BCUT2D eigenvalue weighted by atomic mass is 16.2. The lowest BCUT2D eigenvalue weighted by Crippen LogP contribution is -2.59. The van der Waals surface area contributed by atoms with Crippen LogP contribution in [0, 0.1) is 5.92 Å². The first kappa shape index (κ1) is 9.52. The minimum Gasteiger partial charge on any atom is -0.350 e. The molecule has 70 valence electrons. The van der Waals surface area contributed by atoms with Crippen molar-refractivity contribution >= 4 is 5.91 Å². The van der Waals surface area contributed by atoms with E-state index in [9.17, 15) is 4.79 Å². The fourth-order valence-electron chi connectivity index (χ4n) is 1.39. The Bertz CT molecular complexity index is 179. The van der Waals surface area contributed by atoms with E-state index in [2.05, 4.69) is 24.1 Å². The van der Waals surface area contributed by atoms with Crippen molar-refractivity contribution in [3.8, 4) is 0 Å². The third-order valence-electron chi connectivity index (χ3n) is 2.66. The molecule has 1 fully saturated rings. The van der Waals surface area contributed by atoms with Crippen LogP contribution >= 0.6 is 0 Å². The van der Waals surface area contributed by atoms with Gasteiger partial charge in [0.2, 0.25) is 5.91 Å². The summed E-state index contributed by atoms with van der Waals surface area (Å²) in [5.74, 6) is 0.673. The van der Waals surface area contributed by atoms with Gasteiger partial charge in [-0.1, -0.05) is 13.8 Å². The molecule has 0 radical (unpaired) electrons. The van der Waals surface area contributed by atoms with E-state index >= 15 is 0 Å². The van der Waals surface area contributed by atoms with Gasteiger partial charge in [-0.2, -0.15) is 0 Å². The molecule has 0 spiro atoms. The zero-order valence-corrected chi connectivity index (χ0v) is 8.29. The third kappa shape index (κ3) is 1.78. The molecule has 1 N–H and O–H groups in total. The zero-order valence-electron chi connectivity index (χ0n) is 8.29. The predicted molar refractivity (Wildman–Crippen MR) is 48.9 cm³/mol. The molecule has 1 aliphatic rings. The standard InChI is InChI=1S/C9H18N2O/c1-6(2)8-5-11(4)7(3)9(12)10-8/h6-8H,5H2,1-4H3,(H,10,12). The Hall–Kier alpha value is -0.570. The normalized spacial score (nSPS) is 32.2. The van der Waals surface area contributed by atoms with Gasteiger partial charge in [0, 0.05) is 12.6 Å². The first-order valence-electron chi connectivity index (χ1n) is 4.53. The molecule has 0 aromatic carbocycles. The second-order valence-corrected chi connectivity index (χ2v) is 3.97. The Morgan fingerprint density at radius 2 is 2.17 bits per heavy atom. The lowest BCUT2D eigenvalue weighted by Gasteiger charge is -2.37. The second-order valence-electron chi connectivity index (χ2n) is 3.97. The number of carbonyl (C=O) groups excluding carboxylic acids is 1. The average Bonchev–Trinajstić information content (AvgIpc) is 1.99. The molecule has 1 rings (SSSR count). The fraction of sp³-hybridized carbons (Fsp3) is 0.889. The van der Waals surface area contributed by atoms with Gasteiger partial charge in [0.15, 0.2) is 0 Å². The van der Waals surface area contributed by atoms with Crippen LogP contribution in [0.5, 0.6) is 0 Å². The zero-order chi connectivity index (χ0) is 9.30. The molecule has 2 atom stereocenters. The molecule has 1 heterocycles. The summed E-state index contributed by atoms with van der Waals surface area (Å²) in [4.78, 5) is 13.5. The molecular formula is C9H18N2O. The topological polar surface area (TPSA) is 32.3 Å². The Morgan fingerprint density at radius 3 is 2.58 bits per heavy atom. The molecule has 1 saturated heterocycles. The number of rotatable bonds is 1. The van der Waals surface area contributed by atoms with E-state index in [4.69, 9.17) is 0 Å². The Kier molecular flexibility index (Phi) is 2.73. The average molecular weight is 170 g/mol. The third-order valence-corrected chi connectivity index (χ3v) is 2.66. The molecule has 1 aliphatic heterocycles. The van der Waals surface area contributed by atoms with Crippen molar-refractivity contribution in [3.63, 3.8) is 0 Å². The molecule has 3 nitrogen and oxygen atoms in total. The quantitative estimate of drug-likeness (QED) is 0.620. The Labute approximate surface area is 74.1 Å². The monoisotopic (exact) mass is 170 g/mol. The number of hydrogen-bond acceptors (Lipinski definition) is 2. The summed E-state index contributed by atoms with van der Waals surface area (Å²) in [5.41, 5.74) is 0. The van der Waals surface area contributed by atoms with Crippen molar-refractivity contribution in [2.45, 2.75) is 32.9 Å². The molecule has 0 aromatic heterocycles. The molecular weight excluding hydrogens is 152 g/mol. The van der Waals surface area contributed by atoms with Crippen LogP contribution in [0.2, 0.25) is 0 Å². The van der Waals surface area contributed by atoms with E-state index in [1.54, 1.807) is 0 Å². The van der Waals surface area contributed by atoms with E-state index in [-0.39, 0.29) is 11.9 Å². The number of nitrogens with one attached hydrogen (secondary N) is 1. The molecule has 0 saturated carbocycles. The number of hydrogen-bond donors (Lipinski definition) is 1. The van der Waals surface area contributed by atoms with Crippen LogP contribution in [0.25, 0.3) is 0 Å². The summed E-state index contributed by atoms with van der Waals surface area (Å²) in [7, 11) is 2.00. The fourth-order valence-corrected chi connectivity index (χ4v) is 1.39. The van der Waals surface area contributed by atoms with Crippen molar-refractivity contribution in [2.75, 3.05) is 13.6 Å². The molecule has 0 bridgehead atoms. The van der Waals surface area contributed by atoms with Crippen LogP contribution in [0.15, 0.2) is 0 Å².